The molecule has 0 aromatic rings. The summed E-state index contributed by atoms with van der Waals surface area (Å²) < 4.78 is 0. The van der Waals surface area contributed by atoms with E-state index in [1.54, 1.807) is 0 Å². The van der Waals surface area contributed by atoms with Gasteiger partial charge >= 0.3 is 0 Å². The summed E-state index contributed by atoms with van der Waals surface area (Å²) in [6.45, 7) is 10.7. The molecule has 0 radical (unpaired) electrons. The van der Waals surface area contributed by atoms with Crippen LogP contribution in [0.15, 0.2) is 0 Å². The van der Waals surface area contributed by atoms with Gasteiger partial charge in [0.25, 0.3) is 0 Å². The van der Waals surface area contributed by atoms with Crippen molar-refractivity contribution in [2.24, 2.45) is 23.5 Å². The fourth-order valence-corrected chi connectivity index (χ4v) is 4.71. The van der Waals surface area contributed by atoms with E-state index in [1.807, 2.05) is 32.5 Å². The molecular formula is C19H41NOS. The molecule has 0 aromatic carbocycles. The minimum absolute atomic E-state index is 0. The lowest BCUT2D eigenvalue weighted by molar-refractivity contribution is -0.119. The predicted molar refractivity (Wildman–Crippen MR) is 104 cm³/mol. The van der Waals surface area contributed by atoms with Gasteiger partial charge in [0.2, 0.25) is 0 Å². The Hall–Kier alpha value is -0.0200. The number of hydrogen-bond donors (Lipinski definition) is 1. The van der Waals surface area contributed by atoms with Gasteiger partial charge in [0, 0.05) is 12.2 Å². The molecule has 0 saturated heterocycles. The normalized spacial score (nSPS) is 25.5. The topological polar surface area (TPSA) is 43.1 Å². The highest BCUT2D eigenvalue weighted by Crippen LogP contribution is 2.38. The average Bonchev–Trinajstić information content (AvgIpc) is 2.50. The highest BCUT2D eigenvalue weighted by atomic mass is 32.2. The van der Waals surface area contributed by atoms with Gasteiger partial charge in [0.05, 0.1) is 6.04 Å². The highest BCUT2D eigenvalue weighted by Gasteiger charge is 2.29. The van der Waals surface area contributed by atoms with E-state index >= 15 is 0 Å². The van der Waals surface area contributed by atoms with E-state index in [9.17, 15) is 4.79 Å². The molecule has 4 atom stereocenters. The summed E-state index contributed by atoms with van der Waals surface area (Å²) in [5, 5.41) is 0. The van der Waals surface area contributed by atoms with Gasteiger partial charge in [-0.05, 0) is 29.9 Å². The molecule has 4 unspecified atom stereocenters. The molecule has 22 heavy (non-hydrogen) atoms. The highest BCUT2D eigenvalue weighted by molar-refractivity contribution is 7.99. The van der Waals surface area contributed by atoms with E-state index in [1.165, 1.54) is 31.4 Å². The second kappa shape index (κ2) is 14.6. The van der Waals surface area contributed by atoms with Gasteiger partial charge in [0.1, 0.15) is 5.78 Å². The maximum absolute atomic E-state index is 11.7. The molecule has 1 aliphatic rings. The summed E-state index contributed by atoms with van der Waals surface area (Å²) in [5.74, 6) is 4.79. The summed E-state index contributed by atoms with van der Waals surface area (Å²) in [6.07, 6.45) is 7.02. The van der Waals surface area contributed by atoms with Gasteiger partial charge in [-0.15, -0.1) is 0 Å². The average molecular weight is 332 g/mol. The van der Waals surface area contributed by atoms with Gasteiger partial charge in [0.15, 0.2) is 0 Å². The van der Waals surface area contributed by atoms with E-state index in [0.29, 0.717) is 6.42 Å². The zero-order valence-corrected chi connectivity index (χ0v) is 15.7. The first-order chi connectivity index (χ1) is 10.1. The second-order valence-electron chi connectivity index (χ2n) is 6.10. The standard InChI is InChI=1S/C16H31NOS.C2H6.CH4/c1-4-7-16(18)15(17)11-19-10-14-12(3)8-6-9-13(14)5-2;1-2;/h12-15H,4-11,17H2,1-3H3;1-2H3;1H4. The van der Waals surface area contributed by atoms with E-state index in [-0.39, 0.29) is 19.3 Å². The molecule has 1 aliphatic carbocycles. The van der Waals surface area contributed by atoms with Gasteiger partial charge in [-0.3, -0.25) is 4.79 Å². The lowest BCUT2D eigenvalue weighted by Gasteiger charge is -2.36. The van der Waals surface area contributed by atoms with E-state index < -0.39 is 0 Å². The van der Waals surface area contributed by atoms with Crippen LogP contribution in [0.1, 0.15) is 80.6 Å². The monoisotopic (exact) mass is 331 g/mol. The van der Waals surface area contributed by atoms with Crippen LogP contribution < -0.4 is 5.73 Å². The van der Waals surface area contributed by atoms with Crippen molar-refractivity contribution in [3.8, 4) is 0 Å². The van der Waals surface area contributed by atoms with Crippen molar-refractivity contribution in [3.63, 3.8) is 0 Å². The molecule has 1 saturated carbocycles. The Kier molecular flexibility index (Phi) is 16.0. The fourth-order valence-electron chi connectivity index (χ4n) is 3.26. The Bertz CT molecular complexity index is 270. The largest absolute Gasteiger partial charge is 0.321 e. The van der Waals surface area contributed by atoms with Crippen molar-refractivity contribution in [1.29, 1.82) is 0 Å². The van der Waals surface area contributed by atoms with Crippen LogP contribution in [0.25, 0.3) is 0 Å². The van der Waals surface area contributed by atoms with E-state index in [4.69, 9.17) is 5.73 Å². The molecule has 0 amide bonds. The summed E-state index contributed by atoms with van der Waals surface area (Å²) in [6, 6.07) is -0.246. The van der Waals surface area contributed by atoms with Crippen molar-refractivity contribution in [2.75, 3.05) is 11.5 Å². The summed E-state index contributed by atoms with van der Waals surface area (Å²) in [7, 11) is 0. The molecule has 2 nitrogen and oxygen atoms in total. The number of Topliss-reactive ketones (excluding diaryl/α,β-unsaturated/α-hetero) is 1. The molecule has 134 valence electrons. The van der Waals surface area contributed by atoms with Crippen LogP contribution >= 0.6 is 11.8 Å². The smallest absolute Gasteiger partial charge is 0.150 e. The second-order valence-corrected chi connectivity index (χ2v) is 7.18. The minimum Gasteiger partial charge on any atom is -0.321 e. The van der Waals surface area contributed by atoms with Crippen molar-refractivity contribution in [1.82, 2.24) is 0 Å². The Morgan fingerprint density at radius 2 is 1.91 bits per heavy atom. The fraction of sp³-hybridized carbons (Fsp3) is 0.947. The third-order valence-electron chi connectivity index (χ3n) is 4.61. The maximum Gasteiger partial charge on any atom is 0.150 e. The Morgan fingerprint density at radius 1 is 1.27 bits per heavy atom. The number of ketones is 1. The Balaban J connectivity index is 0. The number of carbonyl (C=O) groups excluding carboxylic acids is 1. The van der Waals surface area contributed by atoms with Crippen molar-refractivity contribution >= 4 is 17.5 Å². The lowest BCUT2D eigenvalue weighted by atomic mass is 9.73. The number of hydrogen-bond acceptors (Lipinski definition) is 3. The molecule has 2 N–H and O–H groups in total. The minimum atomic E-state index is -0.246. The first-order valence-electron chi connectivity index (χ1n) is 8.96. The van der Waals surface area contributed by atoms with Gasteiger partial charge in [-0.1, -0.05) is 67.7 Å². The zero-order valence-electron chi connectivity index (χ0n) is 14.9. The Morgan fingerprint density at radius 3 is 2.45 bits per heavy atom. The van der Waals surface area contributed by atoms with E-state index in [0.717, 1.165) is 29.9 Å². The lowest BCUT2D eigenvalue weighted by Crippen LogP contribution is -2.34. The van der Waals surface area contributed by atoms with Crippen LogP contribution in [0.3, 0.4) is 0 Å². The van der Waals surface area contributed by atoms with Crippen LogP contribution in [0, 0.1) is 17.8 Å². The van der Waals surface area contributed by atoms with E-state index in [2.05, 4.69) is 13.8 Å². The van der Waals surface area contributed by atoms with Crippen molar-refractivity contribution in [3.05, 3.63) is 0 Å². The third kappa shape index (κ3) is 8.57. The SMILES string of the molecule is C.CC.CCCC(=O)C(N)CSCC1C(C)CCCC1CC. The van der Waals surface area contributed by atoms with Crippen LogP contribution in [0.2, 0.25) is 0 Å². The summed E-state index contributed by atoms with van der Waals surface area (Å²) >= 11 is 1.90. The molecule has 0 heterocycles. The number of carbonyl (C=O) groups is 1. The molecule has 0 aromatic heterocycles. The molecular weight excluding hydrogens is 290 g/mol. The first-order valence-corrected chi connectivity index (χ1v) is 10.1. The van der Waals surface area contributed by atoms with Gasteiger partial charge in [-0.25, -0.2) is 0 Å². The van der Waals surface area contributed by atoms with Crippen molar-refractivity contribution in [2.45, 2.75) is 86.6 Å². The first kappa shape index (κ1) is 24.2. The molecule has 3 heteroatoms. The summed E-state index contributed by atoms with van der Waals surface area (Å²) in [5.41, 5.74) is 5.95. The predicted octanol–water partition coefficient (Wildman–Crippen LogP) is 5.54. The van der Waals surface area contributed by atoms with Gasteiger partial charge < -0.3 is 5.73 Å². The quantitative estimate of drug-likeness (QED) is 0.635. The van der Waals surface area contributed by atoms with Crippen molar-refractivity contribution < 1.29 is 4.79 Å². The van der Waals surface area contributed by atoms with Crippen LogP contribution in [-0.4, -0.2) is 23.3 Å². The Labute approximate surface area is 144 Å². The molecule has 0 spiro atoms. The molecule has 0 bridgehead atoms. The van der Waals surface area contributed by atoms with Crippen LogP contribution in [0.4, 0.5) is 0 Å². The third-order valence-corrected chi connectivity index (χ3v) is 5.83. The zero-order chi connectivity index (χ0) is 16.3. The molecule has 1 rings (SSSR count). The molecule has 0 aliphatic heterocycles. The number of rotatable bonds is 8. The number of nitrogens with two attached hydrogens (primary N) is 1. The maximum atomic E-state index is 11.7. The summed E-state index contributed by atoms with van der Waals surface area (Å²) in [4.78, 5) is 11.7. The van der Waals surface area contributed by atoms with Gasteiger partial charge in [-0.2, -0.15) is 11.8 Å². The van der Waals surface area contributed by atoms with Crippen LogP contribution in [0.5, 0.6) is 0 Å². The number of thioether (sulfide) groups is 1. The van der Waals surface area contributed by atoms with Crippen LogP contribution in [-0.2, 0) is 4.79 Å². The molecule has 1 fully saturated rings.